The van der Waals surface area contributed by atoms with Crippen molar-refractivity contribution in [1.29, 1.82) is 0 Å². The predicted octanol–water partition coefficient (Wildman–Crippen LogP) is 3.12. The first-order chi connectivity index (χ1) is 11.0. The molecule has 2 aromatic rings. The Balaban J connectivity index is 1.92. The molecular formula is C16H19N3O2S2. The summed E-state index contributed by atoms with van der Waals surface area (Å²) in [5.74, 6) is 0. The van der Waals surface area contributed by atoms with Crippen LogP contribution in [0.1, 0.15) is 12.0 Å². The van der Waals surface area contributed by atoms with Crippen LogP contribution in [0.5, 0.6) is 0 Å². The average Bonchev–Trinajstić information content (AvgIpc) is 2.99. The van der Waals surface area contributed by atoms with Gasteiger partial charge in [0, 0.05) is 24.0 Å². The first kappa shape index (κ1) is 16.0. The van der Waals surface area contributed by atoms with E-state index in [0.717, 1.165) is 40.5 Å². The molecule has 0 unspecified atom stereocenters. The number of fused-ring (bicyclic) bond motifs is 1. The van der Waals surface area contributed by atoms with Gasteiger partial charge in [-0.05, 0) is 30.5 Å². The fraction of sp³-hybridized carbons (Fsp3) is 0.312. The van der Waals surface area contributed by atoms with Crippen molar-refractivity contribution in [2.24, 2.45) is 0 Å². The number of nitrogens with zero attached hydrogens (tertiary/aromatic N) is 2. The molecule has 122 valence electrons. The van der Waals surface area contributed by atoms with E-state index in [-0.39, 0.29) is 0 Å². The Labute approximate surface area is 140 Å². The molecule has 1 N–H and O–H groups in total. The van der Waals surface area contributed by atoms with Crippen LogP contribution >= 0.6 is 11.3 Å². The monoisotopic (exact) mass is 349 g/mol. The molecule has 23 heavy (non-hydrogen) atoms. The van der Waals surface area contributed by atoms with Gasteiger partial charge < -0.3 is 5.32 Å². The number of sulfonamides is 1. The number of anilines is 2. The van der Waals surface area contributed by atoms with Crippen LogP contribution in [0.15, 0.2) is 36.2 Å². The van der Waals surface area contributed by atoms with E-state index in [9.17, 15) is 8.42 Å². The molecule has 1 aromatic carbocycles. The van der Waals surface area contributed by atoms with Gasteiger partial charge in [-0.25, -0.2) is 13.4 Å². The molecule has 0 atom stereocenters. The largest absolute Gasteiger partial charge is 0.358 e. The van der Waals surface area contributed by atoms with E-state index < -0.39 is 10.0 Å². The minimum Gasteiger partial charge on any atom is -0.358 e. The van der Waals surface area contributed by atoms with E-state index in [1.165, 1.54) is 10.6 Å². The van der Waals surface area contributed by atoms with Gasteiger partial charge in [0.05, 0.1) is 17.6 Å². The zero-order valence-corrected chi connectivity index (χ0v) is 14.6. The highest BCUT2D eigenvalue weighted by Crippen LogP contribution is 2.33. The number of aryl methyl sites for hydroxylation is 1. The molecule has 0 fully saturated rings. The second-order valence-electron chi connectivity index (χ2n) is 5.49. The van der Waals surface area contributed by atoms with E-state index in [4.69, 9.17) is 0 Å². The summed E-state index contributed by atoms with van der Waals surface area (Å²) in [6.45, 7) is 4.91. The maximum atomic E-state index is 11.9. The first-order valence-corrected chi connectivity index (χ1v) is 10.1. The van der Waals surface area contributed by atoms with Crippen molar-refractivity contribution < 1.29 is 8.42 Å². The van der Waals surface area contributed by atoms with Crippen molar-refractivity contribution in [2.75, 3.05) is 29.0 Å². The van der Waals surface area contributed by atoms with E-state index in [2.05, 4.69) is 22.9 Å². The lowest BCUT2D eigenvalue weighted by atomic mass is 10.00. The third-order valence-corrected chi connectivity index (χ3v) is 5.73. The maximum Gasteiger partial charge on any atom is 0.232 e. The molecule has 5 nitrogen and oxygen atoms in total. The van der Waals surface area contributed by atoms with Gasteiger partial charge in [0.1, 0.15) is 0 Å². The molecule has 1 aromatic heterocycles. The van der Waals surface area contributed by atoms with Crippen molar-refractivity contribution in [3.05, 3.63) is 41.8 Å². The summed E-state index contributed by atoms with van der Waals surface area (Å²) >= 11 is 1.55. The summed E-state index contributed by atoms with van der Waals surface area (Å²) in [7, 11) is -3.22. The maximum absolute atomic E-state index is 11.9. The Hall–Kier alpha value is -1.86. The van der Waals surface area contributed by atoms with E-state index in [0.29, 0.717) is 13.1 Å². The van der Waals surface area contributed by atoms with Gasteiger partial charge in [-0.2, -0.15) is 0 Å². The topological polar surface area (TPSA) is 62.3 Å². The Morgan fingerprint density at radius 1 is 1.48 bits per heavy atom. The fourth-order valence-corrected chi connectivity index (χ4v) is 4.44. The highest BCUT2D eigenvalue weighted by molar-refractivity contribution is 7.92. The highest BCUT2D eigenvalue weighted by atomic mass is 32.2. The zero-order chi connectivity index (χ0) is 16.4. The first-order valence-electron chi connectivity index (χ1n) is 7.40. The van der Waals surface area contributed by atoms with Crippen LogP contribution in [0.2, 0.25) is 0 Å². The van der Waals surface area contributed by atoms with Crippen LogP contribution in [0.25, 0.3) is 11.3 Å². The van der Waals surface area contributed by atoms with Crippen LogP contribution < -0.4 is 9.62 Å². The molecule has 0 amide bonds. The van der Waals surface area contributed by atoms with E-state index >= 15 is 0 Å². The van der Waals surface area contributed by atoms with Crippen molar-refractivity contribution >= 4 is 32.2 Å². The van der Waals surface area contributed by atoms with Crippen LogP contribution in [0.3, 0.4) is 0 Å². The minimum absolute atomic E-state index is 0.553. The normalized spacial score (nSPS) is 14.4. The lowest BCUT2D eigenvalue weighted by Crippen LogP contribution is -2.34. The molecule has 0 saturated heterocycles. The molecule has 0 spiro atoms. The smallest absolute Gasteiger partial charge is 0.232 e. The second-order valence-corrected chi connectivity index (χ2v) is 8.25. The van der Waals surface area contributed by atoms with Crippen molar-refractivity contribution in [1.82, 2.24) is 4.98 Å². The summed E-state index contributed by atoms with van der Waals surface area (Å²) < 4.78 is 25.3. The molecule has 0 aliphatic carbocycles. The Morgan fingerprint density at radius 3 is 3.04 bits per heavy atom. The number of benzene rings is 1. The second kappa shape index (κ2) is 6.33. The molecular weight excluding hydrogens is 330 g/mol. The molecule has 0 saturated carbocycles. The zero-order valence-electron chi connectivity index (χ0n) is 12.9. The van der Waals surface area contributed by atoms with Gasteiger partial charge >= 0.3 is 0 Å². The Bertz CT molecular complexity index is 828. The van der Waals surface area contributed by atoms with Crippen molar-refractivity contribution in [2.45, 2.75) is 12.8 Å². The van der Waals surface area contributed by atoms with E-state index in [1.807, 2.05) is 17.5 Å². The van der Waals surface area contributed by atoms with Gasteiger partial charge in [-0.3, -0.25) is 4.31 Å². The molecule has 1 aliphatic rings. The molecule has 3 rings (SSSR count). The van der Waals surface area contributed by atoms with Crippen LogP contribution in [-0.2, 0) is 16.4 Å². The Morgan fingerprint density at radius 2 is 2.30 bits per heavy atom. The summed E-state index contributed by atoms with van der Waals surface area (Å²) in [6, 6.07) is 5.88. The summed E-state index contributed by atoms with van der Waals surface area (Å²) in [4.78, 5) is 4.56. The van der Waals surface area contributed by atoms with Crippen molar-refractivity contribution in [3.8, 4) is 11.3 Å². The SMILES string of the molecule is C=CCNc1nc(-c2ccc3c(c2)CCCN3S(C)(=O)=O)cs1. The predicted molar refractivity (Wildman–Crippen MR) is 96.7 cm³/mol. The molecule has 1 aliphatic heterocycles. The number of hydrogen-bond donors (Lipinski definition) is 1. The summed E-state index contributed by atoms with van der Waals surface area (Å²) in [5.41, 5.74) is 3.78. The molecule has 2 heterocycles. The standard InChI is InChI=1S/C16H19N3O2S2/c1-3-8-17-16-18-14(11-22-16)12-6-7-15-13(10-12)5-4-9-19(15)23(2,20)21/h3,6-7,10-11H,1,4-5,8-9H2,2H3,(H,17,18). The van der Waals surface area contributed by atoms with Crippen LogP contribution in [0, 0.1) is 0 Å². The average molecular weight is 349 g/mol. The quantitative estimate of drug-likeness (QED) is 0.843. The third kappa shape index (κ3) is 3.40. The van der Waals surface area contributed by atoms with Gasteiger partial charge in [0.2, 0.25) is 10.0 Å². The number of aromatic nitrogens is 1. The summed E-state index contributed by atoms with van der Waals surface area (Å²) in [5, 5.41) is 6.04. The number of hydrogen-bond acceptors (Lipinski definition) is 5. The minimum atomic E-state index is -3.22. The van der Waals surface area contributed by atoms with E-state index in [1.54, 1.807) is 17.4 Å². The fourth-order valence-electron chi connectivity index (χ4n) is 2.71. The van der Waals surface area contributed by atoms with Gasteiger partial charge in [-0.1, -0.05) is 12.1 Å². The van der Waals surface area contributed by atoms with Gasteiger partial charge in [-0.15, -0.1) is 17.9 Å². The van der Waals surface area contributed by atoms with Crippen molar-refractivity contribution in [3.63, 3.8) is 0 Å². The van der Waals surface area contributed by atoms with Gasteiger partial charge in [0.15, 0.2) is 5.13 Å². The Kier molecular flexibility index (Phi) is 4.41. The van der Waals surface area contributed by atoms with Crippen LogP contribution in [0.4, 0.5) is 10.8 Å². The molecule has 0 bridgehead atoms. The highest BCUT2D eigenvalue weighted by Gasteiger charge is 2.24. The molecule has 0 radical (unpaired) electrons. The lowest BCUT2D eigenvalue weighted by Gasteiger charge is -2.29. The molecule has 7 heteroatoms. The summed E-state index contributed by atoms with van der Waals surface area (Å²) in [6.07, 6.45) is 4.78. The number of rotatable bonds is 5. The lowest BCUT2D eigenvalue weighted by molar-refractivity contribution is 0.592. The number of thiazole rings is 1. The third-order valence-electron chi connectivity index (χ3n) is 3.75. The van der Waals surface area contributed by atoms with Gasteiger partial charge in [0.25, 0.3) is 0 Å². The van der Waals surface area contributed by atoms with Crippen LogP contribution in [-0.4, -0.2) is 32.7 Å². The number of nitrogens with one attached hydrogen (secondary N) is 1.